The predicted octanol–water partition coefficient (Wildman–Crippen LogP) is 5.64. The van der Waals surface area contributed by atoms with Crippen LogP contribution in [0.1, 0.15) is 35.3 Å². The summed E-state index contributed by atoms with van der Waals surface area (Å²) in [5, 5.41) is 0. The zero-order valence-corrected chi connectivity index (χ0v) is 14.7. The summed E-state index contributed by atoms with van der Waals surface area (Å²) in [5.74, 6) is 0.667. The Morgan fingerprint density at radius 1 is 0.950 bits per heavy atom. The van der Waals surface area contributed by atoms with E-state index in [1.807, 2.05) is 42.5 Å². The Kier molecular flexibility index (Phi) is 5.17. The quantitative estimate of drug-likeness (QED) is 0.612. The summed E-state index contributed by atoms with van der Waals surface area (Å²) in [6, 6.07) is 13.5. The molecule has 0 radical (unpaired) electrons. The Morgan fingerprint density at radius 2 is 1.50 bits per heavy atom. The summed E-state index contributed by atoms with van der Waals surface area (Å²) in [6.07, 6.45) is 1.04. The lowest BCUT2D eigenvalue weighted by Gasteiger charge is -2.07. The second kappa shape index (κ2) is 6.68. The van der Waals surface area contributed by atoms with Crippen molar-refractivity contribution in [3.63, 3.8) is 0 Å². The number of rotatable bonds is 4. The van der Waals surface area contributed by atoms with Gasteiger partial charge in [-0.05, 0) is 36.1 Å². The maximum Gasteiger partial charge on any atom is 0.193 e. The summed E-state index contributed by atoms with van der Waals surface area (Å²) in [7, 11) is 0. The van der Waals surface area contributed by atoms with Gasteiger partial charge in [0.2, 0.25) is 0 Å². The molecular weight excluding hydrogens is 380 g/mol. The summed E-state index contributed by atoms with van der Waals surface area (Å²) in [4.78, 5) is 12.4. The minimum atomic E-state index is 0.0445. The molecule has 0 spiro atoms. The molecule has 0 saturated carbocycles. The molecule has 20 heavy (non-hydrogen) atoms. The maximum atomic E-state index is 12.4. The molecule has 0 unspecified atom stereocenters. The molecule has 0 saturated heterocycles. The topological polar surface area (TPSA) is 17.1 Å². The zero-order valence-electron chi connectivity index (χ0n) is 11.5. The second-order valence-corrected chi connectivity index (χ2v) is 7.11. The van der Waals surface area contributed by atoms with Gasteiger partial charge in [-0.3, -0.25) is 4.79 Å². The van der Waals surface area contributed by atoms with Gasteiger partial charge >= 0.3 is 0 Å². The molecule has 0 heterocycles. The first kappa shape index (κ1) is 15.5. The Bertz CT molecular complexity index is 595. The molecule has 0 aliphatic rings. The normalized spacial score (nSPS) is 10.8. The Labute approximate surface area is 136 Å². The molecule has 0 bridgehead atoms. The minimum Gasteiger partial charge on any atom is -0.289 e. The van der Waals surface area contributed by atoms with Crippen LogP contribution in [0.15, 0.2) is 51.4 Å². The third kappa shape index (κ3) is 4.03. The van der Waals surface area contributed by atoms with Gasteiger partial charge in [0.25, 0.3) is 0 Å². The van der Waals surface area contributed by atoms with E-state index in [4.69, 9.17) is 0 Å². The fourth-order valence-electron chi connectivity index (χ4n) is 2.12. The van der Waals surface area contributed by atoms with Crippen LogP contribution in [0.4, 0.5) is 0 Å². The molecule has 0 aliphatic carbocycles. The lowest BCUT2D eigenvalue weighted by Crippen LogP contribution is -2.02. The van der Waals surface area contributed by atoms with Crippen molar-refractivity contribution in [2.75, 3.05) is 0 Å². The third-order valence-electron chi connectivity index (χ3n) is 2.98. The van der Waals surface area contributed by atoms with Crippen LogP contribution in [0.5, 0.6) is 0 Å². The number of carbonyl (C=O) groups excluding carboxylic acids is 1. The first-order valence-electron chi connectivity index (χ1n) is 6.55. The van der Waals surface area contributed by atoms with Crippen LogP contribution in [0.3, 0.4) is 0 Å². The summed E-state index contributed by atoms with van der Waals surface area (Å²) >= 11 is 6.82. The number of hydrogen-bond acceptors (Lipinski definition) is 1. The van der Waals surface area contributed by atoms with Crippen LogP contribution in [0.25, 0.3) is 0 Å². The van der Waals surface area contributed by atoms with Crippen molar-refractivity contribution < 1.29 is 4.79 Å². The fraction of sp³-hybridized carbons (Fsp3) is 0.235. The van der Waals surface area contributed by atoms with Gasteiger partial charge in [-0.15, -0.1) is 0 Å². The van der Waals surface area contributed by atoms with E-state index in [-0.39, 0.29) is 5.78 Å². The monoisotopic (exact) mass is 394 g/mol. The van der Waals surface area contributed by atoms with Gasteiger partial charge in [0, 0.05) is 20.1 Å². The van der Waals surface area contributed by atoms with Gasteiger partial charge in [0.15, 0.2) is 5.78 Å². The van der Waals surface area contributed by atoms with Crippen molar-refractivity contribution in [3.05, 3.63) is 68.1 Å². The van der Waals surface area contributed by atoms with Gasteiger partial charge in [-0.2, -0.15) is 0 Å². The second-order valence-electron chi connectivity index (χ2n) is 5.28. The molecule has 0 fully saturated rings. The average Bonchev–Trinajstić information content (AvgIpc) is 2.37. The van der Waals surface area contributed by atoms with Crippen LogP contribution in [-0.4, -0.2) is 5.78 Å². The SMILES string of the molecule is CC(C)Cc1ccc(C(=O)c2cc(Br)cc(Br)c2)cc1. The van der Waals surface area contributed by atoms with Gasteiger partial charge in [0.1, 0.15) is 0 Å². The molecule has 0 N–H and O–H groups in total. The van der Waals surface area contributed by atoms with E-state index in [1.165, 1.54) is 5.56 Å². The van der Waals surface area contributed by atoms with E-state index in [2.05, 4.69) is 45.7 Å². The van der Waals surface area contributed by atoms with Crippen LogP contribution in [0, 0.1) is 5.92 Å². The van der Waals surface area contributed by atoms with Crippen molar-refractivity contribution >= 4 is 37.6 Å². The van der Waals surface area contributed by atoms with Crippen molar-refractivity contribution in [2.45, 2.75) is 20.3 Å². The van der Waals surface area contributed by atoms with E-state index >= 15 is 0 Å². The van der Waals surface area contributed by atoms with E-state index in [1.54, 1.807) is 0 Å². The molecule has 2 aromatic carbocycles. The number of ketones is 1. The lowest BCUT2D eigenvalue weighted by molar-refractivity contribution is 0.103. The van der Waals surface area contributed by atoms with E-state index in [0.717, 1.165) is 20.9 Å². The summed E-state index contributed by atoms with van der Waals surface area (Å²) < 4.78 is 1.79. The summed E-state index contributed by atoms with van der Waals surface area (Å²) in [6.45, 7) is 4.39. The summed E-state index contributed by atoms with van der Waals surface area (Å²) in [5.41, 5.74) is 2.68. The number of halogens is 2. The van der Waals surface area contributed by atoms with Crippen LogP contribution < -0.4 is 0 Å². The first-order chi connectivity index (χ1) is 9.45. The minimum absolute atomic E-state index is 0.0445. The predicted molar refractivity (Wildman–Crippen MR) is 90.3 cm³/mol. The van der Waals surface area contributed by atoms with E-state index in [9.17, 15) is 4.79 Å². The van der Waals surface area contributed by atoms with Crippen molar-refractivity contribution in [1.82, 2.24) is 0 Å². The molecule has 0 atom stereocenters. The Morgan fingerprint density at radius 3 is 2.00 bits per heavy atom. The van der Waals surface area contributed by atoms with E-state index < -0.39 is 0 Å². The van der Waals surface area contributed by atoms with Crippen molar-refractivity contribution in [2.24, 2.45) is 5.92 Å². The maximum absolute atomic E-state index is 12.4. The highest BCUT2D eigenvalue weighted by Gasteiger charge is 2.10. The average molecular weight is 396 g/mol. The highest BCUT2D eigenvalue weighted by molar-refractivity contribution is 9.11. The van der Waals surface area contributed by atoms with Gasteiger partial charge in [0.05, 0.1) is 0 Å². The smallest absolute Gasteiger partial charge is 0.193 e. The molecule has 104 valence electrons. The molecule has 2 rings (SSSR count). The van der Waals surface area contributed by atoms with Gasteiger partial charge in [-0.25, -0.2) is 0 Å². The molecule has 0 amide bonds. The van der Waals surface area contributed by atoms with Crippen molar-refractivity contribution in [3.8, 4) is 0 Å². The third-order valence-corrected chi connectivity index (χ3v) is 3.90. The zero-order chi connectivity index (χ0) is 14.7. The molecule has 2 aromatic rings. The number of benzene rings is 2. The highest BCUT2D eigenvalue weighted by atomic mass is 79.9. The van der Waals surface area contributed by atoms with Crippen LogP contribution >= 0.6 is 31.9 Å². The van der Waals surface area contributed by atoms with Crippen LogP contribution in [-0.2, 0) is 6.42 Å². The molecule has 0 aliphatic heterocycles. The van der Waals surface area contributed by atoms with Crippen LogP contribution in [0.2, 0.25) is 0 Å². The lowest BCUT2D eigenvalue weighted by atomic mass is 9.98. The number of hydrogen-bond donors (Lipinski definition) is 0. The molecule has 3 heteroatoms. The fourth-order valence-corrected chi connectivity index (χ4v) is 3.41. The molecule has 0 aromatic heterocycles. The van der Waals surface area contributed by atoms with Gasteiger partial charge in [-0.1, -0.05) is 70.0 Å². The van der Waals surface area contributed by atoms with E-state index in [0.29, 0.717) is 11.5 Å². The first-order valence-corrected chi connectivity index (χ1v) is 8.14. The molecular formula is C17H16Br2O. The Hall–Kier alpha value is -0.930. The Balaban J connectivity index is 2.24. The van der Waals surface area contributed by atoms with Gasteiger partial charge < -0.3 is 0 Å². The largest absolute Gasteiger partial charge is 0.289 e. The number of carbonyl (C=O) groups is 1. The molecule has 1 nitrogen and oxygen atoms in total. The van der Waals surface area contributed by atoms with Crippen molar-refractivity contribution in [1.29, 1.82) is 0 Å². The highest BCUT2D eigenvalue weighted by Crippen LogP contribution is 2.22. The standard InChI is InChI=1S/C17H16Br2O/c1-11(2)7-12-3-5-13(6-4-12)17(20)14-8-15(18)10-16(19)9-14/h3-6,8-11H,7H2,1-2H3.